The zero-order valence-electron chi connectivity index (χ0n) is 28.7. The molecular formula is C35H64O3Si2. The van der Waals surface area contributed by atoms with Crippen LogP contribution < -0.4 is 0 Å². The Morgan fingerprint density at radius 3 is 2.12 bits per heavy atom. The molecule has 0 bridgehead atoms. The van der Waals surface area contributed by atoms with Gasteiger partial charge in [-0.3, -0.25) is 4.79 Å². The van der Waals surface area contributed by atoms with E-state index in [0.717, 1.165) is 19.4 Å². The van der Waals surface area contributed by atoms with Crippen molar-refractivity contribution in [1.29, 1.82) is 0 Å². The molecule has 5 heteroatoms. The van der Waals surface area contributed by atoms with Crippen LogP contribution in [0.3, 0.4) is 0 Å². The van der Waals surface area contributed by atoms with Crippen LogP contribution in [0.1, 0.15) is 107 Å². The van der Waals surface area contributed by atoms with E-state index >= 15 is 0 Å². The van der Waals surface area contributed by atoms with Crippen LogP contribution in [0.4, 0.5) is 0 Å². The molecule has 3 nitrogen and oxygen atoms in total. The number of carbonyl (C=O) groups is 1. The zero-order valence-corrected chi connectivity index (χ0v) is 30.7. The number of rotatable bonds is 9. The SMILES string of the molecule is CC(C)(COCC(C)(C)[C@H]1CC[C@H]2C(=CC=C3CCC([Si](C)(C)C(C)(C)C)C(=O)C3)CCC[C@]12C)O[Si](C)(C)C. The van der Waals surface area contributed by atoms with Gasteiger partial charge in [-0.25, -0.2) is 0 Å². The lowest BCUT2D eigenvalue weighted by Gasteiger charge is -2.48. The van der Waals surface area contributed by atoms with E-state index in [1.807, 2.05) is 0 Å². The standard InChI is InChI=1S/C35H64O3Si2/c1-32(2,3)40(12,13)30-20-17-26(23-29(30)36)16-18-27-15-14-22-35(8)28(27)19-21-31(35)33(4,5)24-37-25-34(6,7)38-39(9,10)11/h16,18,28,30-31H,14-15,17,19-25H2,1-13H3/t28-,30?,31+,35-/m0/s1. The molecule has 3 aliphatic rings. The molecule has 230 valence electrons. The van der Waals surface area contributed by atoms with Gasteiger partial charge in [0.05, 0.1) is 26.9 Å². The summed E-state index contributed by atoms with van der Waals surface area (Å²) in [4.78, 5) is 13.3. The van der Waals surface area contributed by atoms with E-state index in [1.165, 1.54) is 37.7 Å². The fraction of sp³-hybridized carbons (Fsp3) is 0.857. The first-order chi connectivity index (χ1) is 18.1. The first-order valence-corrected chi connectivity index (χ1v) is 22.8. The van der Waals surface area contributed by atoms with Crippen LogP contribution >= 0.6 is 0 Å². The maximum Gasteiger partial charge on any atom is 0.184 e. The van der Waals surface area contributed by atoms with Gasteiger partial charge in [0.1, 0.15) is 5.78 Å². The first-order valence-electron chi connectivity index (χ1n) is 16.3. The second kappa shape index (κ2) is 11.9. The molecule has 0 radical (unpaired) electrons. The monoisotopic (exact) mass is 588 g/mol. The Hall–Kier alpha value is -0.496. The third-order valence-electron chi connectivity index (χ3n) is 11.3. The highest BCUT2D eigenvalue weighted by Crippen LogP contribution is 2.62. The van der Waals surface area contributed by atoms with Gasteiger partial charge in [0.2, 0.25) is 0 Å². The predicted octanol–water partition coefficient (Wildman–Crippen LogP) is 10.4. The van der Waals surface area contributed by atoms with E-state index in [1.54, 1.807) is 5.57 Å². The van der Waals surface area contributed by atoms with Gasteiger partial charge < -0.3 is 9.16 Å². The highest BCUT2D eigenvalue weighted by Gasteiger charge is 2.54. The number of fused-ring (bicyclic) bond motifs is 1. The van der Waals surface area contributed by atoms with E-state index in [0.29, 0.717) is 41.6 Å². The summed E-state index contributed by atoms with van der Waals surface area (Å²) in [7, 11) is -3.25. The van der Waals surface area contributed by atoms with Crippen LogP contribution in [0.2, 0.25) is 43.3 Å². The van der Waals surface area contributed by atoms with E-state index in [4.69, 9.17) is 9.16 Å². The highest BCUT2D eigenvalue weighted by atomic mass is 28.4. The van der Waals surface area contributed by atoms with Gasteiger partial charge in [-0.2, -0.15) is 0 Å². The third kappa shape index (κ3) is 7.71. The van der Waals surface area contributed by atoms with Crippen LogP contribution in [0.15, 0.2) is 23.3 Å². The van der Waals surface area contributed by atoms with Crippen molar-refractivity contribution in [2.75, 3.05) is 13.2 Å². The molecule has 3 saturated carbocycles. The fourth-order valence-electron chi connectivity index (χ4n) is 8.62. The molecule has 0 spiro atoms. The smallest absolute Gasteiger partial charge is 0.184 e. The molecule has 0 aliphatic heterocycles. The Balaban J connectivity index is 1.67. The Kier molecular flexibility index (Phi) is 10.1. The summed E-state index contributed by atoms with van der Waals surface area (Å²) in [5, 5.41) is 0.263. The molecule has 0 heterocycles. The predicted molar refractivity (Wildman–Crippen MR) is 177 cm³/mol. The van der Waals surface area contributed by atoms with Crippen molar-refractivity contribution in [2.24, 2.45) is 22.7 Å². The van der Waals surface area contributed by atoms with Gasteiger partial charge >= 0.3 is 0 Å². The van der Waals surface area contributed by atoms with Crippen molar-refractivity contribution in [3.05, 3.63) is 23.3 Å². The van der Waals surface area contributed by atoms with E-state index in [-0.39, 0.29) is 16.1 Å². The molecule has 0 amide bonds. The summed E-state index contributed by atoms with van der Waals surface area (Å²) in [5.74, 6) is 1.83. The Morgan fingerprint density at radius 1 is 0.900 bits per heavy atom. The van der Waals surface area contributed by atoms with Gasteiger partial charge in [0.25, 0.3) is 0 Å². The van der Waals surface area contributed by atoms with Gasteiger partial charge in [-0.15, -0.1) is 0 Å². The number of ether oxygens (including phenoxy) is 1. The van der Waals surface area contributed by atoms with Crippen LogP contribution in [-0.4, -0.2) is 41.0 Å². The lowest BCUT2D eigenvalue weighted by molar-refractivity contribution is -0.119. The largest absolute Gasteiger partial charge is 0.410 e. The Labute approximate surface area is 250 Å². The zero-order chi connectivity index (χ0) is 30.4. The minimum Gasteiger partial charge on any atom is -0.410 e. The summed E-state index contributed by atoms with van der Waals surface area (Å²) < 4.78 is 12.8. The highest BCUT2D eigenvalue weighted by molar-refractivity contribution is 6.84. The van der Waals surface area contributed by atoms with Crippen molar-refractivity contribution in [3.8, 4) is 0 Å². The van der Waals surface area contributed by atoms with Gasteiger partial charge in [0.15, 0.2) is 8.32 Å². The molecule has 0 saturated heterocycles. The van der Waals surface area contributed by atoms with Crippen LogP contribution in [0, 0.1) is 22.7 Å². The Bertz CT molecular complexity index is 976. The van der Waals surface area contributed by atoms with Crippen molar-refractivity contribution in [3.63, 3.8) is 0 Å². The molecule has 0 aromatic heterocycles. The number of ketones is 1. The average Bonchev–Trinajstić information content (AvgIpc) is 3.13. The van der Waals surface area contributed by atoms with Gasteiger partial charge in [-0.05, 0) is 106 Å². The average molecular weight is 589 g/mol. The van der Waals surface area contributed by atoms with Crippen molar-refractivity contribution >= 4 is 22.2 Å². The van der Waals surface area contributed by atoms with Crippen molar-refractivity contribution in [1.82, 2.24) is 0 Å². The minimum absolute atomic E-state index is 0.133. The summed E-state index contributed by atoms with van der Waals surface area (Å²) in [6, 6.07) is 0. The molecular weight excluding hydrogens is 525 g/mol. The molecule has 3 aliphatic carbocycles. The van der Waals surface area contributed by atoms with Crippen molar-refractivity contribution in [2.45, 2.75) is 156 Å². The van der Waals surface area contributed by atoms with Crippen molar-refractivity contribution < 1.29 is 14.0 Å². The number of carbonyl (C=O) groups excluding carboxylic acids is 1. The molecule has 3 fully saturated rings. The quantitative estimate of drug-likeness (QED) is 0.251. The maximum atomic E-state index is 13.3. The molecule has 0 aromatic carbocycles. The van der Waals surface area contributed by atoms with E-state index in [9.17, 15) is 4.79 Å². The minimum atomic E-state index is -1.64. The summed E-state index contributed by atoms with van der Waals surface area (Å²) >= 11 is 0. The molecule has 4 atom stereocenters. The summed E-state index contributed by atoms with van der Waals surface area (Å²) in [6.07, 6.45) is 14.0. The van der Waals surface area contributed by atoms with E-state index in [2.05, 4.69) is 100 Å². The number of hydrogen-bond acceptors (Lipinski definition) is 3. The lowest BCUT2D eigenvalue weighted by Crippen LogP contribution is -2.46. The normalized spacial score (nSPS) is 31.2. The maximum absolute atomic E-state index is 13.3. The van der Waals surface area contributed by atoms with Crippen LogP contribution in [-0.2, 0) is 14.0 Å². The second-order valence-corrected chi connectivity index (χ2v) is 27.8. The van der Waals surface area contributed by atoms with Crippen LogP contribution in [0.5, 0.6) is 0 Å². The molecule has 0 aromatic rings. The number of allylic oxidation sites excluding steroid dienone is 4. The molecule has 0 N–H and O–H groups in total. The van der Waals surface area contributed by atoms with Gasteiger partial charge in [-0.1, -0.05) is 77.9 Å². The number of Topliss-reactive ketones (excluding diaryl/α,β-unsaturated/α-hetero) is 1. The summed E-state index contributed by atoms with van der Waals surface area (Å²) in [5.41, 5.74) is 3.55. The topological polar surface area (TPSA) is 35.5 Å². The second-order valence-electron chi connectivity index (χ2n) is 17.8. The molecule has 3 rings (SSSR count). The fourth-order valence-corrected chi connectivity index (χ4v) is 13.2. The molecule has 40 heavy (non-hydrogen) atoms. The summed E-state index contributed by atoms with van der Waals surface area (Å²) in [6.45, 7) is 31.9. The molecule has 1 unspecified atom stereocenters. The van der Waals surface area contributed by atoms with Gasteiger partial charge in [0, 0.05) is 12.0 Å². The third-order valence-corrected chi connectivity index (χ3v) is 18.7. The lowest BCUT2D eigenvalue weighted by atomic mass is 9.58. The first kappa shape index (κ1) is 34.0. The van der Waals surface area contributed by atoms with Crippen LogP contribution in [0.25, 0.3) is 0 Å². The van der Waals surface area contributed by atoms with E-state index < -0.39 is 16.4 Å². The Morgan fingerprint density at radius 2 is 1.55 bits per heavy atom. The number of hydrogen-bond donors (Lipinski definition) is 0.